The van der Waals surface area contributed by atoms with Gasteiger partial charge in [-0.1, -0.05) is 6.07 Å². The lowest BCUT2D eigenvalue weighted by atomic mass is 10.2. The van der Waals surface area contributed by atoms with E-state index in [0.717, 1.165) is 5.75 Å². The minimum Gasteiger partial charge on any atom is -0.497 e. The average Bonchev–Trinajstić information content (AvgIpc) is 2.55. The number of ether oxygens (including phenoxy) is 2. The molecule has 2 aromatic carbocycles. The predicted molar refractivity (Wildman–Crippen MR) is 82.9 cm³/mol. The highest BCUT2D eigenvalue weighted by Crippen LogP contribution is 2.18. The third kappa shape index (κ3) is 4.00. The molecule has 0 spiro atoms. The Morgan fingerprint density at radius 1 is 1.18 bits per heavy atom. The van der Waals surface area contributed by atoms with Crippen molar-refractivity contribution < 1.29 is 14.3 Å². The van der Waals surface area contributed by atoms with Crippen LogP contribution in [0.25, 0.3) is 0 Å². The fraction of sp³-hybridized carbons (Fsp3) is 0.176. The summed E-state index contributed by atoms with van der Waals surface area (Å²) in [5.74, 6) is 1.01. The van der Waals surface area contributed by atoms with Crippen LogP contribution in [0, 0.1) is 11.3 Å². The van der Waals surface area contributed by atoms with Gasteiger partial charge in [0.25, 0.3) is 5.91 Å². The Balaban J connectivity index is 1.97. The first-order valence-electron chi connectivity index (χ1n) is 6.74. The lowest BCUT2D eigenvalue weighted by molar-refractivity contribution is -0.122. The third-order valence-corrected chi connectivity index (χ3v) is 3.00. The summed E-state index contributed by atoms with van der Waals surface area (Å²) < 4.78 is 10.6. The summed E-state index contributed by atoms with van der Waals surface area (Å²) in [6, 6.07) is 15.7. The van der Waals surface area contributed by atoms with Crippen LogP contribution in [0.5, 0.6) is 11.5 Å². The van der Waals surface area contributed by atoms with Crippen LogP contribution in [0.3, 0.4) is 0 Å². The van der Waals surface area contributed by atoms with Crippen molar-refractivity contribution in [2.75, 3.05) is 12.4 Å². The monoisotopic (exact) mass is 296 g/mol. The highest BCUT2D eigenvalue weighted by atomic mass is 16.5. The number of amides is 1. The molecule has 0 aliphatic rings. The lowest BCUT2D eigenvalue weighted by Gasteiger charge is -2.15. The van der Waals surface area contributed by atoms with E-state index in [2.05, 4.69) is 5.32 Å². The van der Waals surface area contributed by atoms with Gasteiger partial charge in [0.1, 0.15) is 11.5 Å². The zero-order valence-electron chi connectivity index (χ0n) is 12.4. The second-order valence-corrected chi connectivity index (χ2v) is 4.62. The van der Waals surface area contributed by atoms with Gasteiger partial charge in [0.15, 0.2) is 6.10 Å². The summed E-state index contributed by atoms with van der Waals surface area (Å²) in [6.07, 6.45) is -0.667. The molecule has 0 aromatic heterocycles. The summed E-state index contributed by atoms with van der Waals surface area (Å²) in [6.45, 7) is 1.66. The normalized spacial score (nSPS) is 11.1. The van der Waals surface area contributed by atoms with Crippen molar-refractivity contribution in [1.82, 2.24) is 0 Å². The van der Waals surface area contributed by atoms with Crippen LogP contribution in [0.15, 0.2) is 48.5 Å². The average molecular weight is 296 g/mol. The van der Waals surface area contributed by atoms with E-state index in [9.17, 15) is 4.79 Å². The van der Waals surface area contributed by atoms with Gasteiger partial charge in [-0.25, -0.2) is 0 Å². The Bertz CT molecular complexity index is 690. The first-order chi connectivity index (χ1) is 10.6. The van der Waals surface area contributed by atoms with Crippen LogP contribution < -0.4 is 14.8 Å². The smallest absolute Gasteiger partial charge is 0.265 e. The Morgan fingerprint density at radius 3 is 2.50 bits per heavy atom. The first kappa shape index (κ1) is 15.4. The van der Waals surface area contributed by atoms with Gasteiger partial charge in [-0.05, 0) is 49.4 Å². The van der Waals surface area contributed by atoms with E-state index in [1.54, 1.807) is 62.6 Å². The number of hydrogen-bond acceptors (Lipinski definition) is 4. The molecule has 0 heterocycles. The minimum absolute atomic E-state index is 0.286. The van der Waals surface area contributed by atoms with Gasteiger partial charge in [0, 0.05) is 5.69 Å². The second kappa shape index (κ2) is 7.14. The number of carbonyl (C=O) groups excluding carboxylic acids is 1. The summed E-state index contributed by atoms with van der Waals surface area (Å²) in [5.41, 5.74) is 1.05. The molecule has 2 rings (SSSR count). The van der Waals surface area contributed by atoms with Gasteiger partial charge in [-0.3, -0.25) is 4.79 Å². The molecule has 5 heteroatoms. The van der Waals surface area contributed by atoms with Crippen molar-refractivity contribution in [3.05, 3.63) is 54.1 Å². The molecule has 0 aliphatic heterocycles. The fourth-order valence-electron chi connectivity index (χ4n) is 1.82. The fourth-order valence-corrected chi connectivity index (χ4v) is 1.82. The predicted octanol–water partition coefficient (Wildman–Crippen LogP) is 2.97. The van der Waals surface area contributed by atoms with Crippen molar-refractivity contribution >= 4 is 11.6 Å². The number of nitriles is 1. The van der Waals surface area contributed by atoms with E-state index >= 15 is 0 Å². The molecule has 0 aliphatic carbocycles. The summed E-state index contributed by atoms with van der Waals surface area (Å²) >= 11 is 0. The zero-order valence-corrected chi connectivity index (χ0v) is 12.4. The molecule has 5 nitrogen and oxygen atoms in total. The van der Waals surface area contributed by atoms with E-state index < -0.39 is 6.10 Å². The lowest BCUT2D eigenvalue weighted by Crippen LogP contribution is -2.30. The third-order valence-electron chi connectivity index (χ3n) is 3.00. The van der Waals surface area contributed by atoms with Gasteiger partial charge in [0.05, 0.1) is 18.7 Å². The van der Waals surface area contributed by atoms with Crippen LogP contribution >= 0.6 is 0 Å². The number of benzene rings is 2. The maximum absolute atomic E-state index is 12.1. The van der Waals surface area contributed by atoms with Gasteiger partial charge in [0.2, 0.25) is 0 Å². The van der Waals surface area contributed by atoms with Crippen molar-refractivity contribution in [3.63, 3.8) is 0 Å². The highest BCUT2D eigenvalue weighted by Gasteiger charge is 2.15. The minimum atomic E-state index is -0.667. The largest absolute Gasteiger partial charge is 0.497 e. The Hall–Kier alpha value is -3.00. The Morgan fingerprint density at radius 2 is 1.86 bits per heavy atom. The van der Waals surface area contributed by atoms with Gasteiger partial charge < -0.3 is 14.8 Å². The van der Waals surface area contributed by atoms with Gasteiger partial charge in [-0.15, -0.1) is 0 Å². The second-order valence-electron chi connectivity index (χ2n) is 4.62. The molecule has 0 bridgehead atoms. The van der Waals surface area contributed by atoms with Crippen molar-refractivity contribution in [2.24, 2.45) is 0 Å². The number of hydrogen-bond donors (Lipinski definition) is 1. The van der Waals surface area contributed by atoms with E-state index in [0.29, 0.717) is 17.0 Å². The van der Waals surface area contributed by atoms with Crippen LogP contribution in [-0.4, -0.2) is 19.1 Å². The van der Waals surface area contributed by atoms with E-state index in [1.807, 2.05) is 6.07 Å². The van der Waals surface area contributed by atoms with Crippen molar-refractivity contribution in [3.8, 4) is 17.6 Å². The number of anilines is 1. The van der Waals surface area contributed by atoms with Gasteiger partial charge >= 0.3 is 0 Å². The number of nitrogens with one attached hydrogen (secondary N) is 1. The SMILES string of the molecule is COc1ccc(O[C@@H](C)C(=O)Nc2cccc(C#N)c2)cc1. The first-order valence-corrected chi connectivity index (χ1v) is 6.74. The zero-order chi connectivity index (χ0) is 15.9. The Labute approximate surface area is 129 Å². The van der Waals surface area contributed by atoms with Crippen LogP contribution in [0.1, 0.15) is 12.5 Å². The quantitative estimate of drug-likeness (QED) is 0.920. The molecule has 1 amide bonds. The number of carbonyl (C=O) groups is 1. The summed E-state index contributed by atoms with van der Waals surface area (Å²) in [5, 5.41) is 11.6. The maximum Gasteiger partial charge on any atom is 0.265 e. The number of nitrogens with zero attached hydrogens (tertiary/aromatic N) is 1. The van der Waals surface area contributed by atoms with Crippen molar-refractivity contribution in [1.29, 1.82) is 5.26 Å². The summed E-state index contributed by atoms with van der Waals surface area (Å²) in [7, 11) is 1.58. The molecule has 112 valence electrons. The molecule has 0 unspecified atom stereocenters. The van der Waals surface area contributed by atoms with E-state index in [1.165, 1.54) is 0 Å². The maximum atomic E-state index is 12.1. The standard InChI is InChI=1S/C17H16N2O3/c1-12(22-16-8-6-15(21-2)7-9-16)17(20)19-14-5-3-4-13(10-14)11-18/h3-10,12H,1-2H3,(H,19,20)/t12-/m0/s1. The van der Waals surface area contributed by atoms with Crippen LogP contribution in [-0.2, 0) is 4.79 Å². The van der Waals surface area contributed by atoms with E-state index in [4.69, 9.17) is 14.7 Å². The molecular weight excluding hydrogens is 280 g/mol. The molecule has 0 fully saturated rings. The highest BCUT2D eigenvalue weighted by molar-refractivity contribution is 5.94. The van der Waals surface area contributed by atoms with Crippen LogP contribution in [0.4, 0.5) is 5.69 Å². The molecule has 0 radical (unpaired) electrons. The summed E-state index contributed by atoms with van der Waals surface area (Å²) in [4.78, 5) is 12.1. The van der Waals surface area contributed by atoms with Gasteiger partial charge in [-0.2, -0.15) is 5.26 Å². The molecular formula is C17H16N2O3. The topological polar surface area (TPSA) is 71.3 Å². The molecule has 22 heavy (non-hydrogen) atoms. The molecule has 1 N–H and O–H groups in total. The molecule has 1 atom stereocenters. The molecule has 0 saturated carbocycles. The number of rotatable bonds is 5. The van der Waals surface area contributed by atoms with Crippen molar-refractivity contribution in [2.45, 2.75) is 13.0 Å². The Kier molecular flexibility index (Phi) is 4.99. The molecule has 2 aromatic rings. The van der Waals surface area contributed by atoms with Crippen LogP contribution in [0.2, 0.25) is 0 Å². The molecule has 0 saturated heterocycles. The van der Waals surface area contributed by atoms with E-state index in [-0.39, 0.29) is 5.91 Å². The number of methoxy groups -OCH3 is 1.